The summed E-state index contributed by atoms with van der Waals surface area (Å²) in [5, 5.41) is 17.5. The minimum atomic E-state index is -0.474. The summed E-state index contributed by atoms with van der Waals surface area (Å²) in [6, 6.07) is 4.52. The van der Waals surface area contributed by atoms with Gasteiger partial charge in [0, 0.05) is 37.0 Å². The summed E-state index contributed by atoms with van der Waals surface area (Å²) >= 11 is 1.28. The molecule has 0 unspecified atom stereocenters. The molecule has 1 aromatic heterocycles. The predicted octanol–water partition coefficient (Wildman–Crippen LogP) is 2.31. The highest BCUT2D eigenvalue weighted by atomic mass is 32.2. The summed E-state index contributed by atoms with van der Waals surface area (Å²) in [4.78, 5) is 24.9. The summed E-state index contributed by atoms with van der Waals surface area (Å²) in [6.45, 7) is 0.382. The van der Waals surface area contributed by atoms with Gasteiger partial charge in [-0.15, -0.1) is 11.8 Å². The van der Waals surface area contributed by atoms with E-state index in [1.165, 1.54) is 22.7 Å². The zero-order valence-electron chi connectivity index (χ0n) is 11.6. The van der Waals surface area contributed by atoms with E-state index in [1.54, 1.807) is 37.8 Å². The van der Waals surface area contributed by atoms with E-state index in [0.29, 0.717) is 17.0 Å². The number of carbonyl (C=O) groups is 1. The molecule has 1 aromatic carbocycles. The number of nitrogens with one attached hydrogen (secondary N) is 1. The maximum atomic E-state index is 12.3. The third kappa shape index (κ3) is 3.40. The molecule has 0 radical (unpaired) electrons. The number of nitro groups is 1. The Bertz CT molecular complexity index is 657. The van der Waals surface area contributed by atoms with Crippen LogP contribution >= 0.6 is 11.8 Å². The summed E-state index contributed by atoms with van der Waals surface area (Å²) in [5.41, 5.74) is 1.11. The topological polar surface area (TPSA) is 92.1 Å². The maximum Gasteiger partial charge on any atom is 0.283 e. The van der Waals surface area contributed by atoms with Crippen LogP contribution in [-0.4, -0.2) is 39.2 Å². The highest BCUT2D eigenvalue weighted by molar-refractivity contribution is 7.98. The smallest absolute Gasteiger partial charge is 0.283 e. The van der Waals surface area contributed by atoms with Crippen molar-refractivity contribution in [2.45, 2.75) is 11.4 Å². The van der Waals surface area contributed by atoms with E-state index in [4.69, 9.17) is 0 Å². The molecule has 0 spiro atoms. The Balaban J connectivity index is 2.22. The molecule has 0 saturated carbocycles. The van der Waals surface area contributed by atoms with E-state index < -0.39 is 4.92 Å². The largest absolute Gasteiger partial charge is 0.337 e. The number of H-pyrrole nitrogens is 1. The summed E-state index contributed by atoms with van der Waals surface area (Å²) in [5.74, 6) is -0.271. The second-order valence-corrected chi connectivity index (χ2v) is 5.26. The van der Waals surface area contributed by atoms with Gasteiger partial charge in [-0.3, -0.25) is 20.0 Å². The molecule has 8 heteroatoms. The number of rotatable bonds is 5. The Kier molecular flexibility index (Phi) is 4.59. The molecule has 0 aliphatic carbocycles. The molecular formula is C13H14N4O3S. The third-order valence-electron chi connectivity index (χ3n) is 2.94. The van der Waals surface area contributed by atoms with Gasteiger partial charge < -0.3 is 4.90 Å². The second-order valence-electron chi connectivity index (χ2n) is 4.41. The average Bonchev–Trinajstić information content (AvgIpc) is 2.98. The van der Waals surface area contributed by atoms with Crippen molar-refractivity contribution in [1.82, 2.24) is 15.1 Å². The number of amides is 1. The standard InChI is InChI=1S/C13H14N4O3S/c1-16(8-9-6-14-15-7-9)13(18)10-3-4-12(21-2)11(5-10)17(19)20/h3-7H,8H2,1-2H3,(H,14,15). The fourth-order valence-electron chi connectivity index (χ4n) is 1.90. The molecule has 0 aliphatic heterocycles. The summed E-state index contributed by atoms with van der Waals surface area (Å²) in [7, 11) is 1.64. The highest BCUT2D eigenvalue weighted by Crippen LogP contribution is 2.28. The molecule has 1 heterocycles. The molecular weight excluding hydrogens is 292 g/mol. The lowest BCUT2D eigenvalue weighted by atomic mass is 10.1. The number of hydrogen-bond donors (Lipinski definition) is 1. The first-order valence-corrected chi connectivity index (χ1v) is 7.31. The maximum absolute atomic E-state index is 12.3. The average molecular weight is 306 g/mol. The molecule has 1 amide bonds. The van der Waals surface area contributed by atoms with Crippen LogP contribution in [-0.2, 0) is 6.54 Å². The fraction of sp³-hybridized carbons (Fsp3) is 0.231. The van der Waals surface area contributed by atoms with Crippen LogP contribution in [0, 0.1) is 10.1 Å². The molecule has 21 heavy (non-hydrogen) atoms. The third-order valence-corrected chi connectivity index (χ3v) is 3.73. The summed E-state index contributed by atoms with van der Waals surface area (Å²) < 4.78 is 0. The van der Waals surface area contributed by atoms with Crippen LogP contribution in [0.15, 0.2) is 35.5 Å². The normalized spacial score (nSPS) is 10.4. The number of benzene rings is 1. The van der Waals surface area contributed by atoms with Crippen molar-refractivity contribution in [3.63, 3.8) is 0 Å². The predicted molar refractivity (Wildman–Crippen MR) is 79.3 cm³/mol. The van der Waals surface area contributed by atoms with Gasteiger partial charge in [-0.1, -0.05) is 0 Å². The van der Waals surface area contributed by atoms with Crippen LogP contribution in [0.1, 0.15) is 15.9 Å². The summed E-state index contributed by atoms with van der Waals surface area (Å²) in [6.07, 6.45) is 5.08. The van der Waals surface area contributed by atoms with Crippen molar-refractivity contribution in [3.8, 4) is 0 Å². The second kappa shape index (κ2) is 6.40. The van der Waals surface area contributed by atoms with Crippen LogP contribution in [0.25, 0.3) is 0 Å². The zero-order chi connectivity index (χ0) is 15.4. The Morgan fingerprint density at radius 2 is 2.29 bits per heavy atom. The van der Waals surface area contributed by atoms with Crippen molar-refractivity contribution in [2.24, 2.45) is 0 Å². The Morgan fingerprint density at radius 1 is 1.52 bits per heavy atom. The highest BCUT2D eigenvalue weighted by Gasteiger charge is 2.19. The van der Waals surface area contributed by atoms with E-state index >= 15 is 0 Å². The molecule has 0 saturated heterocycles. The van der Waals surface area contributed by atoms with Crippen molar-refractivity contribution in [1.29, 1.82) is 0 Å². The van der Waals surface area contributed by atoms with Gasteiger partial charge in [0.25, 0.3) is 11.6 Å². The van der Waals surface area contributed by atoms with E-state index in [-0.39, 0.29) is 11.6 Å². The van der Waals surface area contributed by atoms with E-state index in [9.17, 15) is 14.9 Å². The quantitative estimate of drug-likeness (QED) is 0.520. The molecule has 110 valence electrons. The Labute approximate surface area is 125 Å². The van der Waals surface area contributed by atoms with Crippen LogP contribution in [0.3, 0.4) is 0 Å². The number of nitro benzene ring substituents is 1. The zero-order valence-corrected chi connectivity index (χ0v) is 12.4. The number of carbonyl (C=O) groups excluding carboxylic acids is 1. The number of aromatic amines is 1. The van der Waals surface area contributed by atoms with E-state index in [2.05, 4.69) is 10.2 Å². The van der Waals surface area contributed by atoms with Crippen LogP contribution in [0.2, 0.25) is 0 Å². The molecule has 0 atom stereocenters. The van der Waals surface area contributed by atoms with E-state index in [0.717, 1.165) is 5.56 Å². The molecule has 1 N–H and O–H groups in total. The van der Waals surface area contributed by atoms with Gasteiger partial charge >= 0.3 is 0 Å². The molecule has 2 aromatic rings. The van der Waals surface area contributed by atoms with Gasteiger partial charge in [-0.2, -0.15) is 5.10 Å². The van der Waals surface area contributed by atoms with Gasteiger partial charge in [0.2, 0.25) is 0 Å². The molecule has 7 nitrogen and oxygen atoms in total. The number of hydrogen-bond acceptors (Lipinski definition) is 5. The first kappa shape index (κ1) is 15.0. The Hall–Kier alpha value is -2.35. The lowest BCUT2D eigenvalue weighted by Crippen LogP contribution is -2.26. The van der Waals surface area contributed by atoms with Crippen LogP contribution in [0.5, 0.6) is 0 Å². The first-order chi connectivity index (χ1) is 10.0. The fourth-order valence-corrected chi connectivity index (χ4v) is 2.44. The molecule has 0 bridgehead atoms. The van der Waals surface area contributed by atoms with E-state index in [1.807, 2.05) is 0 Å². The van der Waals surface area contributed by atoms with Crippen molar-refractivity contribution in [3.05, 3.63) is 51.8 Å². The van der Waals surface area contributed by atoms with Crippen molar-refractivity contribution in [2.75, 3.05) is 13.3 Å². The SMILES string of the molecule is CSc1ccc(C(=O)N(C)Cc2cn[nH]c2)cc1[N+](=O)[O-]. The number of thioether (sulfide) groups is 1. The lowest BCUT2D eigenvalue weighted by molar-refractivity contribution is -0.387. The monoisotopic (exact) mass is 306 g/mol. The van der Waals surface area contributed by atoms with Gasteiger partial charge in [0.15, 0.2) is 0 Å². The van der Waals surface area contributed by atoms with Crippen molar-refractivity contribution >= 4 is 23.4 Å². The van der Waals surface area contributed by atoms with Crippen LogP contribution < -0.4 is 0 Å². The number of nitrogens with zero attached hydrogens (tertiary/aromatic N) is 3. The minimum absolute atomic E-state index is 0.0509. The van der Waals surface area contributed by atoms with Gasteiger partial charge in [-0.05, 0) is 18.4 Å². The van der Waals surface area contributed by atoms with Crippen LogP contribution in [0.4, 0.5) is 5.69 Å². The first-order valence-electron chi connectivity index (χ1n) is 6.08. The number of aromatic nitrogens is 2. The van der Waals surface area contributed by atoms with Gasteiger partial charge in [-0.25, -0.2) is 0 Å². The van der Waals surface area contributed by atoms with Gasteiger partial charge in [0.1, 0.15) is 0 Å². The molecule has 0 aliphatic rings. The Morgan fingerprint density at radius 3 is 2.86 bits per heavy atom. The lowest BCUT2D eigenvalue weighted by Gasteiger charge is -2.16. The minimum Gasteiger partial charge on any atom is -0.337 e. The van der Waals surface area contributed by atoms with Crippen molar-refractivity contribution < 1.29 is 9.72 Å². The molecule has 0 fully saturated rings. The van der Waals surface area contributed by atoms with Gasteiger partial charge in [0.05, 0.1) is 16.0 Å². The molecule has 2 rings (SSSR count).